The third kappa shape index (κ3) is 17.4. The van der Waals surface area contributed by atoms with Crippen LogP contribution in [0.1, 0.15) is 110 Å². The standard InChI is InChI=1S/C23H44O4S/c1-4-6-8-9-10-11-12-16-20-28-21(17-7-5-2)23(25)27-19-15-13-14-18-22(24)26-3/h21H,4-20H2,1-3H3. The van der Waals surface area contributed by atoms with Crippen LogP contribution in [0.3, 0.4) is 0 Å². The number of carbonyl (C=O) groups is 2. The summed E-state index contributed by atoms with van der Waals surface area (Å²) in [6, 6.07) is 0. The molecule has 0 spiro atoms. The Hall–Kier alpha value is -0.710. The van der Waals surface area contributed by atoms with Crippen LogP contribution in [0.15, 0.2) is 0 Å². The third-order valence-electron chi connectivity index (χ3n) is 4.90. The molecule has 0 heterocycles. The SMILES string of the molecule is CCCCCCCCCCSC(CCCC)C(=O)OCCCCCC(=O)OC. The molecule has 1 atom stereocenters. The highest BCUT2D eigenvalue weighted by Crippen LogP contribution is 2.21. The van der Waals surface area contributed by atoms with Crippen LogP contribution in [0, 0.1) is 0 Å². The summed E-state index contributed by atoms with van der Waals surface area (Å²) in [5, 5.41) is -0.0143. The molecule has 0 rings (SSSR count). The van der Waals surface area contributed by atoms with Crippen LogP contribution in [0.5, 0.6) is 0 Å². The van der Waals surface area contributed by atoms with Gasteiger partial charge in [-0.05, 0) is 37.9 Å². The van der Waals surface area contributed by atoms with E-state index in [1.165, 1.54) is 58.5 Å². The Morgan fingerprint density at radius 3 is 2.04 bits per heavy atom. The minimum atomic E-state index is -0.172. The number of esters is 2. The van der Waals surface area contributed by atoms with Crippen molar-refractivity contribution in [2.45, 2.75) is 115 Å². The second kappa shape index (κ2) is 21.0. The van der Waals surface area contributed by atoms with Gasteiger partial charge in [-0.15, -0.1) is 11.8 Å². The fourth-order valence-corrected chi connectivity index (χ4v) is 4.23. The van der Waals surface area contributed by atoms with Crippen LogP contribution < -0.4 is 0 Å². The third-order valence-corrected chi connectivity index (χ3v) is 6.25. The van der Waals surface area contributed by atoms with Crippen LogP contribution in [-0.4, -0.2) is 36.7 Å². The maximum absolute atomic E-state index is 12.4. The summed E-state index contributed by atoms with van der Waals surface area (Å²) in [4.78, 5) is 23.4. The first-order valence-electron chi connectivity index (χ1n) is 11.5. The smallest absolute Gasteiger partial charge is 0.319 e. The van der Waals surface area contributed by atoms with Crippen molar-refractivity contribution in [3.05, 3.63) is 0 Å². The first-order valence-corrected chi connectivity index (χ1v) is 12.6. The molecule has 0 aliphatic rings. The Balaban J connectivity index is 3.82. The quantitative estimate of drug-likeness (QED) is 0.163. The number of rotatable bonds is 20. The summed E-state index contributed by atoms with van der Waals surface area (Å²) < 4.78 is 10.1. The van der Waals surface area contributed by atoms with Gasteiger partial charge < -0.3 is 9.47 Å². The van der Waals surface area contributed by atoms with E-state index in [1.54, 1.807) is 11.8 Å². The van der Waals surface area contributed by atoms with Crippen molar-refractivity contribution in [3.63, 3.8) is 0 Å². The molecule has 166 valence electrons. The highest BCUT2D eigenvalue weighted by Gasteiger charge is 2.19. The van der Waals surface area contributed by atoms with Gasteiger partial charge in [0.05, 0.1) is 13.7 Å². The Morgan fingerprint density at radius 2 is 1.39 bits per heavy atom. The summed E-state index contributed by atoms with van der Waals surface area (Å²) in [7, 11) is 1.41. The molecule has 0 N–H and O–H groups in total. The number of hydrogen-bond acceptors (Lipinski definition) is 5. The molecule has 5 heteroatoms. The zero-order valence-corrected chi connectivity index (χ0v) is 19.5. The van der Waals surface area contributed by atoms with E-state index >= 15 is 0 Å². The molecule has 0 aromatic rings. The topological polar surface area (TPSA) is 52.6 Å². The average molecular weight is 417 g/mol. The van der Waals surface area contributed by atoms with E-state index in [1.807, 2.05) is 0 Å². The Bertz CT molecular complexity index is 374. The van der Waals surface area contributed by atoms with Crippen molar-refractivity contribution in [1.29, 1.82) is 0 Å². The van der Waals surface area contributed by atoms with Crippen LogP contribution in [0.4, 0.5) is 0 Å². The van der Waals surface area contributed by atoms with Gasteiger partial charge in [0.25, 0.3) is 0 Å². The number of unbranched alkanes of at least 4 members (excludes halogenated alkanes) is 10. The van der Waals surface area contributed by atoms with Crippen LogP contribution in [0.25, 0.3) is 0 Å². The van der Waals surface area contributed by atoms with Gasteiger partial charge in [-0.25, -0.2) is 0 Å². The van der Waals surface area contributed by atoms with E-state index in [2.05, 4.69) is 18.6 Å². The Kier molecular flexibility index (Phi) is 20.5. The molecule has 0 fully saturated rings. The maximum Gasteiger partial charge on any atom is 0.319 e. The second-order valence-electron chi connectivity index (χ2n) is 7.53. The predicted octanol–water partition coefficient (Wildman–Crippen LogP) is 6.70. The lowest BCUT2D eigenvalue weighted by Gasteiger charge is -2.15. The summed E-state index contributed by atoms with van der Waals surface area (Å²) in [5.41, 5.74) is 0. The van der Waals surface area contributed by atoms with Gasteiger partial charge in [0.1, 0.15) is 5.25 Å². The molecule has 0 aromatic carbocycles. The lowest BCUT2D eigenvalue weighted by atomic mass is 10.1. The minimum absolute atomic E-state index is 0.0143. The van der Waals surface area contributed by atoms with Crippen LogP contribution in [-0.2, 0) is 19.1 Å². The molecular weight excluding hydrogens is 372 g/mol. The predicted molar refractivity (Wildman–Crippen MR) is 120 cm³/mol. The number of hydrogen-bond donors (Lipinski definition) is 0. The van der Waals surface area contributed by atoms with E-state index < -0.39 is 0 Å². The van der Waals surface area contributed by atoms with Crippen molar-refractivity contribution >= 4 is 23.7 Å². The highest BCUT2D eigenvalue weighted by molar-refractivity contribution is 8.00. The van der Waals surface area contributed by atoms with Gasteiger partial charge in [0.2, 0.25) is 0 Å². The fraction of sp³-hybridized carbons (Fsp3) is 0.913. The van der Waals surface area contributed by atoms with Gasteiger partial charge in [-0.1, -0.05) is 71.6 Å². The van der Waals surface area contributed by atoms with Crippen molar-refractivity contribution < 1.29 is 19.1 Å². The average Bonchev–Trinajstić information content (AvgIpc) is 2.71. The normalized spacial score (nSPS) is 12.0. The fourth-order valence-electron chi connectivity index (χ4n) is 3.04. The zero-order valence-electron chi connectivity index (χ0n) is 18.6. The summed E-state index contributed by atoms with van der Waals surface area (Å²) >= 11 is 1.78. The molecular formula is C23H44O4S. The molecule has 0 aliphatic carbocycles. The van der Waals surface area contributed by atoms with E-state index in [0.29, 0.717) is 13.0 Å². The minimum Gasteiger partial charge on any atom is -0.469 e. The molecule has 28 heavy (non-hydrogen) atoms. The highest BCUT2D eigenvalue weighted by atomic mass is 32.2. The van der Waals surface area contributed by atoms with Gasteiger partial charge in [-0.2, -0.15) is 0 Å². The molecule has 0 saturated carbocycles. The summed E-state index contributed by atoms with van der Waals surface area (Å²) in [6.07, 6.45) is 16.6. The van der Waals surface area contributed by atoms with Gasteiger partial charge in [0, 0.05) is 6.42 Å². The van der Waals surface area contributed by atoms with Crippen molar-refractivity contribution in [3.8, 4) is 0 Å². The first kappa shape index (κ1) is 27.3. The molecule has 4 nitrogen and oxygen atoms in total. The molecule has 0 saturated heterocycles. The molecule has 0 aliphatic heterocycles. The molecule has 1 unspecified atom stereocenters. The Morgan fingerprint density at radius 1 is 0.786 bits per heavy atom. The van der Waals surface area contributed by atoms with Gasteiger partial charge in [-0.3, -0.25) is 9.59 Å². The van der Waals surface area contributed by atoms with Crippen molar-refractivity contribution in [1.82, 2.24) is 0 Å². The Labute approximate surface area is 177 Å². The zero-order chi connectivity index (χ0) is 20.9. The second-order valence-corrected chi connectivity index (χ2v) is 8.84. The summed E-state index contributed by atoms with van der Waals surface area (Å²) in [5.74, 6) is 0.831. The molecule has 0 bridgehead atoms. The van der Waals surface area contributed by atoms with E-state index in [9.17, 15) is 9.59 Å². The van der Waals surface area contributed by atoms with Gasteiger partial charge in [0.15, 0.2) is 0 Å². The van der Waals surface area contributed by atoms with Crippen molar-refractivity contribution in [2.24, 2.45) is 0 Å². The number of carbonyl (C=O) groups excluding carboxylic acids is 2. The first-order chi connectivity index (χ1) is 13.7. The van der Waals surface area contributed by atoms with E-state index in [4.69, 9.17) is 4.74 Å². The monoisotopic (exact) mass is 416 g/mol. The molecule has 0 aromatic heterocycles. The largest absolute Gasteiger partial charge is 0.469 e. The lowest BCUT2D eigenvalue weighted by molar-refractivity contribution is -0.144. The number of ether oxygens (including phenoxy) is 2. The van der Waals surface area contributed by atoms with E-state index in [0.717, 1.165) is 44.3 Å². The van der Waals surface area contributed by atoms with Crippen molar-refractivity contribution in [2.75, 3.05) is 19.5 Å². The molecule has 0 radical (unpaired) electrons. The number of thioether (sulfide) groups is 1. The van der Waals surface area contributed by atoms with Crippen LogP contribution in [0.2, 0.25) is 0 Å². The maximum atomic E-state index is 12.4. The van der Waals surface area contributed by atoms with E-state index in [-0.39, 0.29) is 17.2 Å². The number of methoxy groups -OCH3 is 1. The lowest BCUT2D eigenvalue weighted by Crippen LogP contribution is -2.21. The van der Waals surface area contributed by atoms with Crippen LogP contribution >= 0.6 is 11.8 Å². The molecule has 0 amide bonds. The van der Waals surface area contributed by atoms with Gasteiger partial charge >= 0.3 is 11.9 Å². The summed E-state index contributed by atoms with van der Waals surface area (Å²) in [6.45, 7) is 4.87.